The molecule has 0 bridgehead atoms. The van der Waals surface area contributed by atoms with Gasteiger partial charge in [-0.25, -0.2) is 4.79 Å². The molecular weight excluding hydrogens is 246 g/mol. The van der Waals surface area contributed by atoms with Gasteiger partial charge in [0.15, 0.2) is 0 Å². The molecule has 1 aromatic rings. The topological polar surface area (TPSA) is 101 Å². The number of aliphatic hydroxyl groups excluding tert-OH is 1. The van der Waals surface area contributed by atoms with Crippen molar-refractivity contribution < 1.29 is 19.9 Å². The highest BCUT2D eigenvalue weighted by atomic mass is 32.2. The minimum Gasteiger partial charge on any atom is -0.478 e. The smallest absolute Gasteiger partial charge is 0.337 e. The number of nitro groups is 1. The van der Waals surface area contributed by atoms with Crippen molar-refractivity contribution in [2.24, 2.45) is 0 Å². The summed E-state index contributed by atoms with van der Waals surface area (Å²) in [5, 5.41) is 28.1. The highest BCUT2D eigenvalue weighted by Crippen LogP contribution is 2.27. The second kappa shape index (κ2) is 6.21. The number of hydrogen-bond acceptors (Lipinski definition) is 5. The molecule has 6 nitrogen and oxygen atoms in total. The first-order valence-electron chi connectivity index (χ1n) is 4.81. The highest BCUT2D eigenvalue weighted by Gasteiger charge is 2.15. The van der Waals surface area contributed by atoms with Crippen molar-refractivity contribution in [3.63, 3.8) is 0 Å². The summed E-state index contributed by atoms with van der Waals surface area (Å²) in [5.74, 6) is -0.630. The maximum absolute atomic E-state index is 10.9. The number of hydrogen-bond donors (Lipinski definition) is 2. The van der Waals surface area contributed by atoms with Gasteiger partial charge in [-0.1, -0.05) is 0 Å². The zero-order valence-corrected chi connectivity index (χ0v) is 9.64. The molecular formula is C10H11NO5S. The summed E-state index contributed by atoms with van der Waals surface area (Å²) >= 11 is 1.26. The van der Waals surface area contributed by atoms with Gasteiger partial charge >= 0.3 is 5.97 Å². The predicted octanol–water partition coefficient (Wildman–Crippen LogP) is 1.77. The number of aromatic carboxylic acids is 1. The lowest BCUT2D eigenvalue weighted by Crippen LogP contribution is -2.01. The fourth-order valence-corrected chi connectivity index (χ4v) is 2.13. The quantitative estimate of drug-likeness (QED) is 0.348. The van der Waals surface area contributed by atoms with Gasteiger partial charge in [-0.2, -0.15) is 0 Å². The van der Waals surface area contributed by atoms with E-state index in [0.29, 0.717) is 17.1 Å². The minimum atomic E-state index is -1.19. The van der Waals surface area contributed by atoms with Crippen LogP contribution >= 0.6 is 11.8 Å². The third kappa shape index (κ3) is 3.72. The zero-order valence-electron chi connectivity index (χ0n) is 8.83. The lowest BCUT2D eigenvalue weighted by atomic mass is 10.2. The molecule has 0 heterocycles. The van der Waals surface area contributed by atoms with Crippen LogP contribution in [0.5, 0.6) is 0 Å². The Bertz CT molecular complexity index is 435. The van der Waals surface area contributed by atoms with E-state index in [-0.39, 0.29) is 17.9 Å². The standard InChI is InChI=1S/C10H11NO5S/c12-4-1-5-17-9-3-2-7(11(15)16)6-8(9)10(13)14/h2-3,6,12H,1,4-5H2,(H,13,14). The van der Waals surface area contributed by atoms with Gasteiger partial charge in [0.1, 0.15) is 0 Å². The molecule has 92 valence electrons. The fraction of sp³-hybridized carbons (Fsp3) is 0.300. The molecule has 0 aliphatic heterocycles. The average molecular weight is 257 g/mol. The number of nitro benzene ring substituents is 1. The molecule has 0 saturated carbocycles. The van der Waals surface area contributed by atoms with E-state index in [1.807, 2.05) is 0 Å². The molecule has 2 N–H and O–H groups in total. The van der Waals surface area contributed by atoms with Crippen LogP contribution < -0.4 is 0 Å². The van der Waals surface area contributed by atoms with Gasteiger partial charge in [-0.15, -0.1) is 11.8 Å². The van der Waals surface area contributed by atoms with E-state index < -0.39 is 10.9 Å². The average Bonchev–Trinajstić information content (AvgIpc) is 2.29. The SMILES string of the molecule is O=C(O)c1cc([N+](=O)[O-])ccc1SCCCO. The Balaban J connectivity index is 2.96. The second-order valence-electron chi connectivity index (χ2n) is 3.17. The molecule has 1 aromatic carbocycles. The molecule has 0 fully saturated rings. The number of rotatable bonds is 6. The van der Waals surface area contributed by atoms with Crippen LogP contribution in [-0.4, -0.2) is 33.5 Å². The lowest BCUT2D eigenvalue weighted by molar-refractivity contribution is -0.384. The maximum Gasteiger partial charge on any atom is 0.337 e. The first-order valence-corrected chi connectivity index (χ1v) is 5.80. The van der Waals surface area contributed by atoms with E-state index in [2.05, 4.69) is 0 Å². The summed E-state index contributed by atoms with van der Waals surface area (Å²) in [6, 6.07) is 3.74. The summed E-state index contributed by atoms with van der Waals surface area (Å²) in [6.45, 7) is 0.0301. The van der Waals surface area contributed by atoms with Crippen LogP contribution in [0, 0.1) is 10.1 Å². The zero-order chi connectivity index (χ0) is 12.8. The van der Waals surface area contributed by atoms with E-state index in [0.717, 1.165) is 6.07 Å². The van der Waals surface area contributed by atoms with Crippen molar-refractivity contribution in [1.29, 1.82) is 0 Å². The molecule has 0 aromatic heterocycles. The van der Waals surface area contributed by atoms with Crippen molar-refractivity contribution in [1.82, 2.24) is 0 Å². The fourth-order valence-electron chi connectivity index (χ4n) is 1.17. The van der Waals surface area contributed by atoms with Crippen LogP contribution in [-0.2, 0) is 0 Å². The maximum atomic E-state index is 10.9. The van der Waals surface area contributed by atoms with E-state index in [1.165, 1.54) is 23.9 Å². The van der Waals surface area contributed by atoms with Crippen LogP contribution in [0.4, 0.5) is 5.69 Å². The van der Waals surface area contributed by atoms with Crippen LogP contribution in [0.1, 0.15) is 16.8 Å². The first-order chi connectivity index (χ1) is 8.06. The van der Waals surface area contributed by atoms with Crippen LogP contribution in [0.15, 0.2) is 23.1 Å². The van der Waals surface area contributed by atoms with Gasteiger partial charge in [-0.3, -0.25) is 10.1 Å². The number of carbonyl (C=O) groups is 1. The molecule has 17 heavy (non-hydrogen) atoms. The molecule has 0 radical (unpaired) electrons. The molecule has 1 rings (SSSR count). The molecule has 0 unspecified atom stereocenters. The van der Waals surface area contributed by atoms with Gasteiger partial charge in [-0.05, 0) is 12.5 Å². The largest absolute Gasteiger partial charge is 0.478 e. The van der Waals surface area contributed by atoms with Gasteiger partial charge in [0, 0.05) is 29.4 Å². The summed E-state index contributed by atoms with van der Waals surface area (Å²) in [5.41, 5.74) is -0.323. The third-order valence-electron chi connectivity index (χ3n) is 1.96. The summed E-state index contributed by atoms with van der Waals surface area (Å²) in [4.78, 5) is 21.3. The third-order valence-corrected chi connectivity index (χ3v) is 3.12. The number of non-ortho nitro benzene ring substituents is 1. The highest BCUT2D eigenvalue weighted by molar-refractivity contribution is 7.99. The molecule has 0 aliphatic carbocycles. The van der Waals surface area contributed by atoms with Gasteiger partial charge in [0.25, 0.3) is 5.69 Å². The predicted molar refractivity (Wildman–Crippen MR) is 62.5 cm³/mol. The molecule has 0 aliphatic rings. The number of aliphatic hydroxyl groups is 1. The van der Waals surface area contributed by atoms with Crippen LogP contribution in [0.2, 0.25) is 0 Å². The second-order valence-corrected chi connectivity index (χ2v) is 4.31. The summed E-state index contributed by atoms with van der Waals surface area (Å²) in [7, 11) is 0. The molecule has 7 heteroatoms. The normalized spacial score (nSPS) is 10.2. The number of nitrogens with zero attached hydrogens (tertiary/aromatic N) is 1. The van der Waals surface area contributed by atoms with Crippen molar-refractivity contribution in [2.45, 2.75) is 11.3 Å². The lowest BCUT2D eigenvalue weighted by Gasteiger charge is -2.04. The van der Waals surface area contributed by atoms with Crippen LogP contribution in [0.25, 0.3) is 0 Å². The summed E-state index contributed by atoms with van der Waals surface area (Å²) in [6.07, 6.45) is 0.542. The monoisotopic (exact) mass is 257 g/mol. The Kier molecular flexibility index (Phi) is 4.92. The Morgan fingerprint density at radius 2 is 2.18 bits per heavy atom. The van der Waals surface area contributed by atoms with Gasteiger partial charge in [0.2, 0.25) is 0 Å². The molecule has 0 saturated heterocycles. The van der Waals surface area contributed by atoms with Crippen molar-refractivity contribution in [2.75, 3.05) is 12.4 Å². The Hall–Kier alpha value is -1.60. The number of benzene rings is 1. The first kappa shape index (κ1) is 13.5. The number of carboxylic acid groups (broad SMARTS) is 1. The van der Waals surface area contributed by atoms with Gasteiger partial charge < -0.3 is 10.2 Å². The van der Waals surface area contributed by atoms with Crippen LogP contribution in [0.3, 0.4) is 0 Å². The van der Waals surface area contributed by atoms with Crippen molar-refractivity contribution in [3.8, 4) is 0 Å². The van der Waals surface area contributed by atoms with Crippen molar-refractivity contribution >= 4 is 23.4 Å². The Morgan fingerprint density at radius 1 is 1.47 bits per heavy atom. The van der Waals surface area contributed by atoms with E-state index >= 15 is 0 Å². The van der Waals surface area contributed by atoms with Crippen molar-refractivity contribution in [3.05, 3.63) is 33.9 Å². The molecule has 0 amide bonds. The van der Waals surface area contributed by atoms with Gasteiger partial charge in [0.05, 0.1) is 10.5 Å². The Labute approximate surface area is 101 Å². The number of carboxylic acids is 1. The van der Waals surface area contributed by atoms with E-state index in [4.69, 9.17) is 10.2 Å². The molecule has 0 spiro atoms. The molecule has 0 atom stereocenters. The minimum absolute atomic E-state index is 0.0301. The summed E-state index contributed by atoms with van der Waals surface area (Å²) < 4.78 is 0. The van der Waals surface area contributed by atoms with E-state index in [9.17, 15) is 14.9 Å². The number of thioether (sulfide) groups is 1. The Morgan fingerprint density at radius 3 is 2.71 bits per heavy atom. The van der Waals surface area contributed by atoms with E-state index in [1.54, 1.807) is 0 Å².